The second kappa shape index (κ2) is 7.47. The number of piperazine rings is 1. The molecular formula is C22H22N8O. The Bertz CT molecular complexity index is 1160. The molecule has 0 spiro atoms. The highest BCUT2D eigenvalue weighted by atomic mass is 16.2. The molecule has 3 aromatic heterocycles. The predicted molar refractivity (Wildman–Crippen MR) is 113 cm³/mol. The molecule has 9 heteroatoms. The fraction of sp³-hybridized carbons (Fsp3) is 0.364. The molecule has 2 fully saturated rings. The number of aryl methyl sites for hydroxylation is 2. The average Bonchev–Trinajstić information content (AvgIpc) is 3.34. The molecule has 0 N–H and O–H groups in total. The van der Waals surface area contributed by atoms with Gasteiger partial charge in [0.25, 0.3) is 5.91 Å². The van der Waals surface area contributed by atoms with Gasteiger partial charge in [0.1, 0.15) is 6.07 Å². The lowest BCUT2D eigenvalue weighted by Gasteiger charge is -2.41. The average molecular weight is 414 g/mol. The van der Waals surface area contributed by atoms with Gasteiger partial charge in [0.2, 0.25) is 5.95 Å². The van der Waals surface area contributed by atoms with Crippen LogP contribution in [0.15, 0.2) is 36.7 Å². The first-order valence-corrected chi connectivity index (χ1v) is 10.3. The summed E-state index contributed by atoms with van der Waals surface area (Å²) in [6.07, 6.45) is 5.29. The van der Waals surface area contributed by atoms with E-state index in [1.807, 2.05) is 30.9 Å². The third-order valence-electron chi connectivity index (χ3n) is 5.91. The van der Waals surface area contributed by atoms with Gasteiger partial charge in [0, 0.05) is 49.0 Å². The van der Waals surface area contributed by atoms with Crippen molar-refractivity contribution in [3.63, 3.8) is 0 Å². The number of pyridine rings is 1. The van der Waals surface area contributed by atoms with Gasteiger partial charge in [-0.15, -0.1) is 0 Å². The molecule has 9 nitrogen and oxygen atoms in total. The first-order valence-electron chi connectivity index (χ1n) is 10.3. The Kier molecular flexibility index (Phi) is 4.62. The van der Waals surface area contributed by atoms with Crippen LogP contribution in [0.4, 0.5) is 5.95 Å². The van der Waals surface area contributed by atoms with Crippen molar-refractivity contribution in [2.45, 2.75) is 38.8 Å². The van der Waals surface area contributed by atoms with Crippen molar-refractivity contribution in [2.24, 2.45) is 0 Å². The van der Waals surface area contributed by atoms with Gasteiger partial charge in [-0.1, -0.05) is 0 Å². The highest BCUT2D eigenvalue weighted by Gasteiger charge is 2.43. The van der Waals surface area contributed by atoms with Gasteiger partial charge in [-0.05, 0) is 51.0 Å². The maximum absolute atomic E-state index is 13.5. The molecule has 2 aliphatic rings. The molecule has 2 unspecified atom stereocenters. The van der Waals surface area contributed by atoms with E-state index in [-0.39, 0.29) is 23.7 Å². The summed E-state index contributed by atoms with van der Waals surface area (Å²) < 4.78 is 1.49. The second-order valence-electron chi connectivity index (χ2n) is 8.09. The number of nitriles is 1. The number of fused-ring (bicyclic) bond motifs is 2. The van der Waals surface area contributed by atoms with E-state index in [2.05, 4.69) is 25.0 Å². The summed E-state index contributed by atoms with van der Waals surface area (Å²) >= 11 is 0. The zero-order valence-corrected chi connectivity index (χ0v) is 17.4. The Morgan fingerprint density at radius 3 is 2.48 bits per heavy atom. The van der Waals surface area contributed by atoms with Crippen LogP contribution in [-0.4, -0.2) is 60.7 Å². The Balaban J connectivity index is 1.41. The highest BCUT2D eigenvalue weighted by Crippen LogP contribution is 2.34. The van der Waals surface area contributed by atoms with Crippen LogP contribution in [0.2, 0.25) is 0 Å². The molecule has 5 heterocycles. The van der Waals surface area contributed by atoms with Gasteiger partial charge >= 0.3 is 0 Å². The Morgan fingerprint density at radius 2 is 1.84 bits per heavy atom. The first kappa shape index (κ1) is 19.2. The Morgan fingerprint density at radius 1 is 1.13 bits per heavy atom. The second-order valence-corrected chi connectivity index (χ2v) is 8.09. The van der Waals surface area contributed by atoms with Gasteiger partial charge in [-0.25, -0.2) is 19.6 Å². The maximum atomic E-state index is 13.5. The van der Waals surface area contributed by atoms with Gasteiger partial charge in [-0.2, -0.15) is 10.4 Å². The number of rotatable bonds is 3. The molecule has 2 aliphatic heterocycles. The lowest BCUT2D eigenvalue weighted by Crippen LogP contribution is -2.56. The predicted octanol–water partition coefficient (Wildman–Crippen LogP) is 2.04. The van der Waals surface area contributed by atoms with Gasteiger partial charge < -0.3 is 9.80 Å². The fourth-order valence-electron chi connectivity index (χ4n) is 4.64. The van der Waals surface area contributed by atoms with E-state index < -0.39 is 0 Å². The van der Waals surface area contributed by atoms with Crippen LogP contribution in [0.5, 0.6) is 0 Å². The number of carbonyl (C=O) groups is 1. The van der Waals surface area contributed by atoms with Crippen molar-refractivity contribution in [1.82, 2.24) is 29.6 Å². The molecule has 2 bridgehead atoms. The summed E-state index contributed by atoms with van der Waals surface area (Å²) in [6.45, 7) is 5.19. The molecule has 1 amide bonds. The van der Waals surface area contributed by atoms with E-state index in [9.17, 15) is 4.79 Å². The monoisotopic (exact) mass is 414 g/mol. The number of carbonyl (C=O) groups excluding carboxylic acids is 1. The molecule has 2 atom stereocenters. The zero-order chi connectivity index (χ0) is 21.5. The zero-order valence-electron chi connectivity index (χ0n) is 17.4. The van der Waals surface area contributed by atoms with Crippen LogP contribution in [0.1, 0.15) is 40.3 Å². The number of hydrogen-bond donors (Lipinski definition) is 0. The Labute approximate surface area is 180 Å². The quantitative estimate of drug-likeness (QED) is 0.646. The van der Waals surface area contributed by atoms with Crippen molar-refractivity contribution in [3.05, 3.63) is 59.3 Å². The van der Waals surface area contributed by atoms with Gasteiger partial charge in [0.05, 0.1) is 5.56 Å². The topological polar surface area (TPSA) is 104 Å². The summed E-state index contributed by atoms with van der Waals surface area (Å²) in [4.78, 5) is 31.3. The van der Waals surface area contributed by atoms with Crippen LogP contribution >= 0.6 is 0 Å². The Hall–Kier alpha value is -3.80. The van der Waals surface area contributed by atoms with Crippen molar-refractivity contribution in [2.75, 3.05) is 18.0 Å². The van der Waals surface area contributed by atoms with Crippen molar-refractivity contribution < 1.29 is 4.79 Å². The molecule has 0 radical (unpaired) electrons. The minimum absolute atomic E-state index is 0.0741. The standard InChI is InChI=1S/C22H22N8O/c1-14-10-15(2)26-22(25-14)30-17-5-6-18(30)13-28(12-17)21(31)19-4-3-8-24-20(19)29-9-7-16(11-23)27-29/h3-4,7-10,17-18H,5-6,12-13H2,1-2H3. The summed E-state index contributed by atoms with van der Waals surface area (Å²) in [6, 6.07) is 9.48. The number of anilines is 1. The van der Waals surface area contributed by atoms with E-state index in [0.717, 1.165) is 30.2 Å². The summed E-state index contributed by atoms with van der Waals surface area (Å²) in [5.41, 5.74) is 2.67. The molecular weight excluding hydrogens is 392 g/mol. The van der Waals surface area contributed by atoms with E-state index >= 15 is 0 Å². The fourth-order valence-corrected chi connectivity index (χ4v) is 4.64. The van der Waals surface area contributed by atoms with Crippen molar-refractivity contribution in [1.29, 1.82) is 5.26 Å². The number of aromatic nitrogens is 5. The lowest BCUT2D eigenvalue weighted by atomic mass is 10.1. The largest absolute Gasteiger partial charge is 0.334 e. The number of amides is 1. The van der Waals surface area contributed by atoms with Crippen LogP contribution in [0, 0.1) is 25.2 Å². The molecule has 31 heavy (non-hydrogen) atoms. The summed E-state index contributed by atoms with van der Waals surface area (Å²) in [7, 11) is 0. The molecule has 0 aromatic carbocycles. The minimum atomic E-state index is -0.0741. The number of hydrogen-bond acceptors (Lipinski definition) is 7. The third kappa shape index (κ3) is 3.40. The smallest absolute Gasteiger partial charge is 0.257 e. The van der Waals surface area contributed by atoms with E-state index in [4.69, 9.17) is 5.26 Å². The molecule has 0 saturated carbocycles. The van der Waals surface area contributed by atoms with Gasteiger partial charge in [-0.3, -0.25) is 4.79 Å². The van der Waals surface area contributed by atoms with Crippen molar-refractivity contribution >= 4 is 11.9 Å². The number of likely N-dealkylation sites (tertiary alicyclic amines) is 1. The van der Waals surface area contributed by atoms with E-state index in [0.29, 0.717) is 24.5 Å². The molecule has 0 aliphatic carbocycles. The molecule has 3 aromatic rings. The van der Waals surface area contributed by atoms with Crippen molar-refractivity contribution in [3.8, 4) is 11.9 Å². The number of nitrogens with zero attached hydrogens (tertiary/aromatic N) is 8. The van der Waals surface area contributed by atoms with Gasteiger partial charge in [0.15, 0.2) is 11.5 Å². The highest BCUT2D eigenvalue weighted by molar-refractivity contribution is 5.97. The molecule has 156 valence electrons. The van der Waals surface area contributed by atoms with E-state index in [1.54, 1.807) is 30.6 Å². The molecule has 2 saturated heterocycles. The minimum Gasteiger partial charge on any atom is -0.334 e. The van der Waals surface area contributed by atoms with Crippen LogP contribution in [0.25, 0.3) is 5.82 Å². The van der Waals surface area contributed by atoms with Crippen LogP contribution in [0.3, 0.4) is 0 Å². The van der Waals surface area contributed by atoms with Crippen LogP contribution in [-0.2, 0) is 0 Å². The SMILES string of the molecule is Cc1cc(C)nc(N2C3CCC2CN(C(=O)c2cccnc2-n2ccc(C#N)n2)C3)n1. The first-order chi connectivity index (χ1) is 15.0. The lowest BCUT2D eigenvalue weighted by molar-refractivity contribution is 0.0716. The summed E-state index contributed by atoms with van der Waals surface area (Å²) in [5.74, 6) is 1.12. The maximum Gasteiger partial charge on any atom is 0.257 e. The van der Waals surface area contributed by atoms with E-state index in [1.165, 1.54) is 4.68 Å². The summed E-state index contributed by atoms with van der Waals surface area (Å²) in [5, 5.41) is 13.3. The van der Waals surface area contributed by atoms with Crippen LogP contribution < -0.4 is 4.90 Å². The third-order valence-corrected chi connectivity index (χ3v) is 5.91. The molecule has 5 rings (SSSR count). The normalized spacial score (nSPS) is 20.0.